The molecule has 3 heterocycles. The van der Waals surface area contributed by atoms with Crippen LogP contribution in [0.3, 0.4) is 0 Å². The Bertz CT molecular complexity index is 878. The van der Waals surface area contributed by atoms with Crippen molar-refractivity contribution < 1.29 is 0 Å². The maximum atomic E-state index is 12.0. The van der Waals surface area contributed by atoms with Crippen LogP contribution in [0.25, 0.3) is 4.96 Å². The number of unbranched alkanes of at least 4 members (excludes halogenated alkanes) is 1. The van der Waals surface area contributed by atoms with Gasteiger partial charge in [-0.3, -0.25) is 9.20 Å². The lowest BCUT2D eigenvalue weighted by Crippen LogP contribution is -2.12. The summed E-state index contributed by atoms with van der Waals surface area (Å²) in [4.78, 5) is 22.0. The van der Waals surface area contributed by atoms with Crippen LogP contribution in [0.5, 0.6) is 0 Å². The molecule has 0 unspecified atom stereocenters. The lowest BCUT2D eigenvalue weighted by atomic mass is 10.3. The predicted molar refractivity (Wildman–Crippen MR) is 95.5 cm³/mol. The molecule has 0 saturated carbocycles. The zero-order valence-corrected chi connectivity index (χ0v) is 15.2. The van der Waals surface area contributed by atoms with Crippen molar-refractivity contribution >= 4 is 28.1 Å². The van der Waals surface area contributed by atoms with Gasteiger partial charge in [0.05, 0.1) is 11.4 Å². The number of aryl methyl sites for hydroxylation is 1. The van der Waals surface area contributed by atoms with Gasteiger partial charge in [-0.2, -0.15) is 0 Å². The molecule has 7 heteroatoms. The third kappa shape index (κ3) is 3.35. The minimum atomic E-state index is -0.0199. The van der Waals surface area contributed by atoms with E-state index in [1.54, 1.807) is 28.4 Å². The number of nitrogens with zero attached hydrogens (tertiary/aromatic N) is 4. The fraction of sp³-hybridized carbons (Fsp3) is 0.438. The number of hydrogen-bond acceptors (Lipinski definition) is 5. The van der Waals surface area contributed by atoms with Crippen LogP contribution in [0.4, 0.5) is 0 Å². The number of rotatable bonds is 6. The highest BCUT2D eigenvalue weighted by Crippen LogP contribution is 2.24. The molecule has 0 aliphatic carbocycles. The lowest BCUT2D eigenvalue weighted by Gasteiger charge is -2.09. The molecule has 0 saturated heterocycles. The Labute approximate surface area is 143 Å². The highest BCUT2D eigenvalue weighted by Gasteiger charge is 2.12. The SMILES string of the molecule is CCCCn1c(SCc2cc(=O)n3ccsc3n2)nc(C)c1C. The largest absolute Gasteiger partial charge is 0.323 e. The molecule has 3 aromatic heterocycles. The molecule has 0 fully saturated rings. The average Bonchev–Trinajstić information content (AvgIpc) is 3.10. The first-order chi connectivity index (χ1) is 11.1. The molecule has 3 rings (SSSR count). The minimum Gasteiger partial charge on any atom is -0.323 e. The monoisotopic (exact) mass is 348 g/mol. The van der Waals surface area contributed by atoms with Crippen LogP contribution in [0, 0.1) is 13.8 Å². The van der Waals surface area contributed by atoms with Gasteiger partial charge in [0.15, 0.2) is 10.1 Å². The van der Waals surface area contributed by atoms with Crippen LogP contribution < -0.4 is 5.56 Å². The Balaban J connectivity index is 1.81. The Morgan fingerprint density at radius 3 is 2.91 bits per heavy atom. The van der Waals surface area contributed by atoms with Crippen LogP contribution in [-0.2, 0) is 12.3 Å². The van der Waals surface area contributed by atoms with Crippen molar-refractivity contribution in [1.29, 1.82) is 0 Å². The second-order valence-corrected chi connectivity index (χ2v) is 7.32. The molecule has 5 nitrogen and oxygen atoms in total. The van der Waals surface area contributed by atoms with Crippen molar-refractivity contribution in [3.05, 3.63) is 45.1 Å². The fourth-order valence-electron chi connectivity index (χ4n) is 2.41. The van der Waals surface area contributed by atoms with E-state index in [1.165, 1.54) is 17.0 Å². The van der Waals surface area contributed by atoms with E-state index in [-0.39, 0.29) is 5.56 Å². The van der Waals surface area contributed by atoms with Crippen molar-refractivity contribution in [2.45, 2.75) is 51.1 Å². The van der Waals surface area contributed by atoms with Crippen molar-refractivity contribution in [2.75, 3.05) is 0 Å². The zero-order valence-electron chi connectivity index (χ0n) is 13.6. The van der Waals surface area contributed by atoms with Gasteiger partial charge in [0.25, 0.3) is 5.56 Å². The molecule has 0 atom stereocenters. The van der Waals surface area contributed by atoms with Gasteiger partial charge in [-0.15, -0.1) is 11.3 Å². The molecule has 122 valence electrons. The summed E-state index contributed by atoms with van der Waals surface area (Å²) in [6.45, 7) is 7.35. The van der Waals surface area contributed by atoms with E-state index < -0.39 is 0 Å². The van der Waals surface area contributed by atoms with Crippen LogP contribution >= 0.6 is 23.1 Å². The molecule has 0 bridgehead atoms. The smallest absolute Gasteiger partial charge is 0.258 e. The molecule has 0 amide bonds. The summed E-state index contributed by atoms with van der Waals surface area (Å²) in [7, 11) is 0. The summed E-state index contributed by atoms with van der Waals surface area (Å²) in [5.41, 5.74) is 3.09. The summed E-state index contributed by atoms with van der Waals surface area (Å²) < 4.78 is 3.86. The lowest BCUT2D eigenvalue weighted by molar-refractivity contribution is 0.575. The molecule has 0 aliphatic heterocycles. The van der Waals surface area contributed by atoms with Gasteiger partial charge >= 0.3 is 0 Å². The van der Waals surface area contributed by atoms with Crippen LogP contribution in [0.15, 0.2) is 27.6 Å². The molecule has 0 N–H and O–H groups in total. The van der Waals surface area contributed by atoms with E-state index in [2.05, 4.69) is 28.4 Å². The van der Waals surface area contributed by atoms with Crippen LogP contribution in [0.2, 0.25) is 0 Å². The standard InChI is InChI=1S/C16H20N4OS2/c1-4-5-6-19-12(3)11(2)17-15(19)23-10-13-9-14(21)20-7-8-22-16(20)18-13/h7-9H,4-6,10H2,1-3H3. The molecular formula is C16H20N4OS2. The molecule has 0 aliphatic rings. The summed E-state index contributed by atoms with van der Waals surface area (Å²) in [6.07, 6.45) is 4.07. The van der Waals surface area contributed by atoms with E-state index in [1.807, 2.05) is 12.3 Å². The average molecular weight is 348 g/mol. The predicted octanol–water partition coefficient (Wildman–Crippen LogP) is 3.66. The molecular weight excluding hydrogens is 328 g/mol. The number of thiazole rings is 1. The molecule has 23 heavy (non-hydrogen) atoms. The maximum absolute atomic E-state index is 12.0. The highest BCUT2D eigenvalue weighted by atomic mass is 32.2. The number of thioether (sulfide) groups is 1. The van der Waals surface area contributed by atoms with Gasteiger partial charge in [0, 0.05) is 35.6 Å². The van der Waals surface area contributed by atoms with Gasteiger partial charge in [-0.1, -0.05) is 25.1 Å². The van der Waals surface area contributed by atoms with Crippen molar-refractivity contribution in [2.24, 2.45) is 0 Å². The van der Waals surface area contributed by atoms with E-state index in [4.69, 9.17) is 0 Å². The number of imidazole rings is 1. The Kier molecular flexibility index (Phi) is 4.87. The second kappa shape index (κ2) is 6.88. The van der Waals surface area contributed by atoms with Crippen LogP contribution in [0.1, 0.15) is 36.8 Å². The molecule has 3 aromatic rings. The Hall–Kier alpha value is -1.60. The van der Waals surface area contributed by atoms with Gasteiger partial charge in [0.2, 0.25) is 0 Å². The van der Waals surface area contributed by atoms with E-state index in [9.17, 15) is 4.79 Å². The van der Waals surface area contributed by atoms with Gasteiger partial charge in [-0.25, -0.2) is 9.97 Å². The van der Waals surface area contributed by atoms with Gasteiger partial charge in [-0.05, 0) is 20.3 Å². The molecule has 0 radical (unpaired) electrons. The quantitative estimate of drug-likeness (QED) is 0.638. The first-order valence-corrected chi connectivity index (χ1v) is 9.59. The van der Waals surface area contributed by atoms with Gasteiger partial charge < -0.3 is 4.57 Å². The van der Waals surface area contributed by atoms with E-state index in [0.29, 0.717) is 5.75 Å². The number of aromatic nitrogens is 4. The first kappa shape index (κ1) is 16.3. The van der Waals surface area contributed by atoms with Crippen molar-refractivity contribution in [1.82, 2.24) is 18.9 Å². The number of fused-ring (bicyclic) bond motifs is 1. The normalized spacial score (nSPS) is 11.4. The molecule has 0 spiro atoms. The summed E-state index contributed by atoms with van der Waals surface area (Å²) in [6, 6.07) is 1.62. The topological polar surface area (TPSA) is 52.2 Å². The third-order valence-electron chi connectivity index (χ3n) is 3.86. The summed E-state index contributed by atoms with van der Waals surface area (Å²) >= 11 is 3.13. The maximum Gasteiger partial charge on any atom is 0.258 e. The van der Waals surface area contributed by atoms with Crippen molar-refractivity contribution in [3.63, 3.8) is 0 Å². The minimum absolute atomic E-state index is 0.0199. The third-order valence-corrected chi connectivity index (χ3v) is 5.63. The first-order valence-electron chi connectivity index (χ1n) is 7.72. The molecule has 0 aromatic carbocycles. The highest BCUT2D eigenvalue weighted by molar-refractivity contribution is 7.98. The Morgan fingerprint density at radius 2 is 2.13 bits per heavy atom. The summed E-state index contributed by atoms with van der Waals surface area (Å²) in [5.74, 6) is 0.658. The fourth-order valence-corrected chi connectivity index (χ4v) is 4.16. The van der Waals surface area contributed by atoms with Crippen LogP contribution in [-0.4, -0.2) is 18.9 Å². The van der Waals surface area contributed by atoms with Gasteiger partial charge in [0.1, 0.15) is 0 Å². The van der Waals surface area contributed by atoms with E-state index >= 15 is 0 Å². The zero-order chi connectivity index (χ0) is 16.4. The number of hydrogen-bond donors (Lipinski definition) is 0. The van der Waals surface area contributed by atoms with E-state index in [0.717, 1.165) is 40.9 Å². The Morgan fingerprint density at radius 1 is 1.30 bits per heavy atom. The summed E-state index contributed by atoms with van der Waals surface area (Å²) in [5, 5.41) is 2.90. The van der Waals surface area contributed by atoms with Crippen molar-refractivity contribution in [3.8, 4) is 0 Å². The second-order valence-electron chi connectivity index (χ2n) is 5.50.